The molecule has 0 atom stereocenters. The lowest BCUT2D eigenvalue weighted by Gasteiger charge is -2.35. The number of allylic oxidation sites excluding steroid dienone is 1. The molecule has 4 aromatic carbocycles. The molecule has 5 heteroatoms. The number of ether oxygens (including phenoxy) is 3. The van der Waals surface area contributed by atoms with Crippen molar-refractivity contribution >= 4 is 23.1 Å². The summed E-state index contributed by atoms with van der Waals surface area (Å²) in [5, 5.41) is 14.2. The van der Waals surface area contributed by atoms with Crippen LogP contribution in [0.5, 0.6) is 23.0 Å². The van der Waals surface area contributed by atoms with Crippen molar-refractivity contribution in [2.45, 2.75) is 32.9 Å². The number of hydrogen-bond acceptors (Lipinski definition) is 5. The number of methoxy groups -OCH3 is 1. The zero-order valence-electron chi connectivity index (χ0n) is 22.5. The summed E-state index contributed by atoms with van der Waals surface area (Å²) in [6.45, 7) is 6.96. The summed E-state index contributed by atoms with van der Waals surface area (Å²) in [5.41, 5.74) is 7.88. The third-order valence-corrected chi connectivity index (χ3v) is 7.10. The van der Waals surface area contributed by atoms with Crippen LogP contribution >= 0.6 is 0 Å². The number of aromatic hydroxyl groups is 1. The molecule has 39 heavy (non-hydrogen) atoms. The Balaban J connectivity index is 1.43. The molecule has 6 rings (SSSR count). The summed E-state index contributed by atoms with van der Waals surface area (Å²) < 4.78 is 18.2. The summed E-state index contributed by atoms with van der Waals surface area (Å²) >= 11 is 0. The molecule has 0 fully saturated rings. The zero-order valence-corrected chi connectivity index (χ0v) is 22.5. The molecular weight excluding hydrogens is 486 g/mol. The molecule has 0 spiro atoms. The molecule has 0 amide bonds. The maximum absolute atomic E-state index is 10.6. The normalized spacial score (nSPS) is 15.7. The molecule has 0 aliphatic carbocycles. The van der Waals surface area contributed by atoms with E-state index in [-0.39, 0.29) is 11.3 Å². The van der Waals surface area contributed by atoms with E-state index < -0.39 is 0 Å². The lowest BCUT2D eigenvalue weighted by molar-refractivity contribution is 0.306. The van der Waals surface area contributed by atoms with Gasteiger partial charge in [0.05, 0.1) is 18.2 Å². The highest BCUT2D eigenvalue weighted by atomic mass is 16.5. The van der Waals surface area contributed by atoms with Crippen LogP contribution < -0.4 is 19.5 Å². The second-order valence-corrected chi connectivity index (χ2v) is 10.5. The van der Waals surface area contributed by atoms with Crippen LogP contribution in [0.15, 0.2) is 84.9 Å². The molecule has 0 bridgehead atoms. The summed E-state index contributed by atoms with van der Waals surface area (Å²) in [4.78, 5) is 0. The van der Waals surface area contributed by atoms with E-state index >= 15 is 0 Å². The predicted octanol–water partition coefficient (Wildman–Crippen LogP) is 8.14. The lowest BCUT2D eigenvalue weighted by atomic mass is 9.83. The number of phenolic OH excluding ortho intramolecular Hbond substituents is 1. The first-order valence-corrected chi connectivity index (χ1v) is 13.0. The Bertz CT molecular complexity index is 1620. The Labute approximate surface area is 229 Å². The van der Waals surface area contributed by atoms with Crippen molar-refractivity contribution in [2.75, 3.05) is 12.4 Å². The van der Waals surface area contributed by atoms with E-state index in [2.05, 4.69) is 62.5 Å². The molecule has 2 aliphatic heterocycles. The number of rotatable bonds is 5. The van der Waals surface area contributed by atoms with Gasteiger partial charge in [-0.15, -0.1) is 0 Å². The highest BCUT2D eigenvalue weighted by Gasteiger charge is 2.33. The number of phenols is 1. The van der Waals surface area contributed by atoms with Crippen LogP contribution in [0.1, 0.15) is 43.0 Å². The summed E-state index contributed by atoms with van der Waals surface area (Å²) in [7, 11) is 1.56. The van der Waals surface area contributed by atoms with E-state index in [0.29, 0.717) is 18.1 Å². The first kappa shape index (κ1) is 24.7. The fraction of sp³-hybridized carbons (Fsp3) is 0.176. The fourth-order valence-corrected chi connectivity index (χ4v) is 5.50. The zero-order chi connectivity index (χ0) is 27.1. The van der Waals surface area contributed by atoms with Crippen LogP contribution in [-0.2, 0) is 6.61 Å². The number of benzene rings is 4. The first-order valence-electron chi connectivity index (χ1n) is 13.0. The Kier molecular flexibility index (Phi) is 6.07. The van der Waals surface area contributed by atoms with Crippen molar-refractivity contribution in [3.63, 3.8) is 0 Å². The van der Waals surface area contributed by atoms with Gasteiger partial charge in [0, 0.05) is 22.4 Å². The average molecular weight is 518 g/mol. The van der Waals surface area contributed by atoms with Crippen LogP contribution in [0, 0.1) is 0 Å². The van der Waals surface area contributed by atoms with Crippen LogP contribution in [0.25, 0.3) is 28.5 Å². The number of hydrogen-bond donors (Lipinski definition) is 2. The maximum Gasteiger partial charge on any atom is 0.172 e. The van der Waals surface area contributed by atoms with E-state index in [1.165, 1.54) is 0 Å². The summed E-state index contributed by atoms with van der Waals surface area (Å²) in [6, 6.07) is 25.7. The third-order valence-electron chi connectivity index (χ3n) is 7.10. The Hall–Kier alpha value is -4.64. The van der Waals surface area contributed by atoms with Crippen molar-refractivity contribution in [3.05, 3.63) is 107 Å². The average Bonchev–Trinajstić information content (AvgIpc) is 2.92. The minimum Gasteiger partial charge on any atom is -0.504 e. The molecule has 0 radical (unpaired) electrons. The van der Waals surface area contributed by atoms with Crippen molar-refractivity contribution in [1.29, 1.82) is 0 Å². The smallest absolute Gasteiger partial charge is 0.172 e. The predicted molar refractivity (Wildman–Crippen MR) is 157 cm³/mol. The summed E-state index contributed by atoms with van der Waals surface area (Å²) in [5.74, 6) is 2.65. The Morgan fingerprint density at radius 2 is 1.67 bits per heavy atom. The van der Waals surface area contributed by atoms with Gasteiger partial charge in [0.1, 0.15) is 23.9 Å². The van der Waals surface area contributed by atoms with Crippen LogP contribution in [-0.4, -0.2) is 17.8 Å². The second kappa shape index (κ2) is 9.59. The Morgan fingerprint density at radius 1 is 0.897 bits per heavy atom. The Morgan fingerprint density at radius 3 is 2.41 bits per heavy atom. The van der Waals surface area contributed by atoms with Crippen molar-refractivity contribution < 1.29 is 19.3 Å². The molecule has 0 aromatic heterocycles. The molecule has 2 heterocycles. The molecule has 0 saturated carbocycles. The fourth-order valence-electron chi connectivity index (χ4n) is 5.50. The van der Waals surface area contributed by atoms with E-state index in [1.807, 2.05) is 42.5 Å². The van der Waals surface area contributed by atoms with Gasteiger partial charge in [-0.1, -0.05) is 54.6 Å². The second-order valence-electron chi connectivity index (χ2n) is 10.5. The van der Waals surface area contributed by atoms with Gasteiger partial charge in [0.2, 0.25) is 0 Å². The summed E-state index contributed by atoms with van der Waals surface area (Å²) in [6.07, 6.45) is 4.29. The van der Waals surface area contributed by atoms with Crippen LogP contribution in [0.3, 0.4) is 0 Å². The van der Waals surface area contributed by atoms with E-state index in [9.17, 15) is 5.11 Å². The maximum atomic E-state index is 10.6. The first-order chi connectivity index (χ1) is 18.8. The quantitative estimate of drug-likeness (QED) is 0.280. The molecule has 4 aromatic rings. The van der Waals surface area contributed by atoms with Gasteiger partial charge >= 0.3 is 0 Å². The lowest BCUT2D eigenvalue weighted by Crippen LogP contribution is -2.32. The molecule has 196 valence electrons. The van der Waals surface area contributed by atoms with Gasteiger partial charge < -0.3 is 24.6 Å². The van der Waals surface area contributed by atoms with Crippen molar-refractivity contribution in [2.24, 2.45) is 0 Å². The molecule has 2 aliphatic rings. The van der Waals surface area contributed by atoms with E-state index in [4.69, 9.17) is 14.2 Å². The number of fused-ring (bicyclic) bond motifs is 5. The number of anilines is 1. The minimum absolute atomic E-state index is 0.0774. The van der Waals surface area contributed by atoms with E-state index in [0.717, 1.165) is 56.1 Å². The molecule has 0 unspecified atom stereocenters. The number of nitrogens with one attached hydrogen (secondary N) is 1. The van der Waals surface area contributed by atoms with Gasteiger partial charge in [-0.05, 0) is 73.9 Å². The monoisotopic (exact) mass is 517 g/mol. The topological polar surface area (TPSA) is 60.0 Å². The van der Waals surface area contributed by atoms with Gasteiger partial charge in [-0.3, -0.25) is 0 Å². The highest BCUT2D eigenvalue weighted by molar-refractivity contribution is 6.02. The molecule has 5 nitrogen and oxygen atoms in total. The van der Waals surface area contributed by atoms with Crippen LogP contribution in [0.4, 0.5) is 5.69 Å². The molecule has 0 saturated heterocycles. The van der Waals surface area contributed by atoms with Crippen LogP contribution in [0.2, 0.25) is 0 Å². The third kappa shape index (κ3) is 4.61. The largest absolute Gasteiger partial charge is 0.504 e. The van der Waals surface area contributed by atoms with Gasteiger partial charge in [0.15, 0.2) is 11.5 Å². The van der Waals surface area contributed by atoms with Crippen molar-refractivity contribution in [1.82, 2.24) is 0 Å². The standard InChI is InChI=1S/C34H31NO4/c1-21-19-34(2,3)35-26-15-14-25-31(30(21)26)29(39-28-17-16-27(36)33(37-4)32(25)28)18-22-10-12-24(13-11-22)38-20-23-8-6-5-7-9-23/h5-19,35-36H,20H2,1-4H3/b29-18-. The van der Waals surface area contributed by atoms with Crippen molar-refractivity contribution in [3.8, 4) is 34.1 Å². The minimum atomic E-state index is -0.172. The SMILES string of the molecule is COc1c(O)ccc2c1-c1ccc3c(c1/C(=C/c1ccc(OCc4ccccc4)cc1)O2)C(C)=CC(C)(C)N3. The molecule has 2 N–H and O–H groups in total. The van der Waals surface area contributed by atoms with Gasteiger partial charge in [-0.25, -0.2) is 0 Å². The van der Waals surface area contributed by atoms with E-state index in [1.54, 1.807) is 19.2 Å². The molecular formula is C34H31NO4. The van der Waals surface area contributed by atoms with Gasteiger partial charge in [-0.2, -0.15) is 0 Å². The van der Waals surface area contributed by atoms with Gasteiger partial charge in [0.25, 0.3) is 0 Å². The highest BCUT2D eigenvalue weighted by Crippen LogP contribution is 2.54.